The molecule has 2 aromatic rings. The van der Waals surface area contributed by atoms with E-state index < -0.39 is 11.9 Å². The van der Waals surface area contributed by atoms with E-state index in [2.05, 4.69) is 5.32 Å². The van der Waals surface area contributed by atoms with Crippen LogP contribution in [0.1, 0.15) is 11.6 Å². The lowest BCUT2D eigenvalue weighted by Crippen LogP contribution is -2.16. The molecule has 1 unspecified atom stereocenters. The second kappa shape index (κ2) is 6.24. The molecule has 100 valence electrons. The lowest BCUT2D eigenvalue weighted by molar-refractivity contribution is 0.274. The fraction of sp³-hybridized carbons (Fsp3) is 0.143. The first kappa shape index (κ1) is 14.1. The lowest BCUT2D eigenvalue weighted by Gasteiger charge is -2.19. The van der Waals surface area contributed by atoms with E-state index in [1.165, 1.54) is 6.07 Å². The number of halogens is 3. The van der Waals surface area contributed by atoms with Gasteiger partial charge in [0.25, 0.3) is 0 Å². The SMILES string of the molecule is OCC(Nc1cccc(Cl)c1)c1ccc(Cl)cc1F. The Hall–Kier alpha value is -1.29. The summed E-state index contributed by atoms with van der Waals surface area (Å²) in [6.07, 6.45) is 0. The maximum atomic E-state index is 13.8. The third-order valence-electron chi connectivity index (χ3n) is 2.69. The van der Waals surface area contributed by atoms with Gasteiger partial charge in [-0.15, -0.1) is 0 Å². The Balaban J connectivity index is 2.25. The van der Waals surface area contributed by atoms with Gasteiger partial charge in [0.15, 0.2) is 0 Å². The highest BCUT2D eigenvalue weighted by Gasteiger charge is 2.15. The van der Waals surface area contributed by atoms with Gasteiger partial charge in [-0.25, -0.2) is 4.39 Å². The van der Waals surface area contributed by atoms with Gasteiger partial charge in [0.2, 0.25) is 0 Å². The number of aliphatic hydroxyl groups is 1. The highest BCUT2D eigenvalue weighted by Crippen LogP contribution is 2.25. The molecule has 5 heteroatoms. The molecular formula is C14H12Cl2FNO. The molecule has 0 fully saturated rings. The van der Waals surface area contributed by atoms with Crippen molar-refractivity contribution in [2.45, 2.75) is 6.04 Å². The van der Waals surface area contributed by atoms with Gasteiger partial charge in [-0.05, 0) is 30.3 Å². The Morgan fingerprint density at radius 3 is 2.47 bits per heavy atom. The normalized spacial score (nSPS) is 12.2. The van der Waals surface area contributed by atoms with Gasteiger partial charge < -0.3 is 10.4 Å². The molecule has 2 N–H and O–H groups in total. The van der Waals surface area contributed by atoms with Gasteiger partial charge in [-0.1, -0.05) is 35.3 Å². The Morgan fingerprint density at radius 1 is 1.11 bits per heavy atom. The third-order valence-corrected chi connectivity index (χ3v) is 3.16. The molecule has 0 saturated heterocycles. The highest BCUT2D eigenvalue weighted by molar-refractivity contribution is 6.31. The van der Waals surface area contributed by atoms with Crippen molar-refractivity contribution < 1.29 is 9.50 Å². The van der Waals surface area contributed by atoms with Gasteiger partial charge in [-0.3, -0.25) is 0 Å². The molecule has 0 amide bonds. The molecule has 0 spiro atoms. The predicted octanol–water partition coefficient (Wildman–Crippen LogP) is 4.28. The summed E-state index contributed by atoms with van der Waals surface area (Å²) in [6.45, 7) is -0.245. The second-order valence-electron chi connectivity index (χ2n) is 4.06. The molecule has 2 aromatic carbocycles. The van der Waals surface area contributed by atoms with Crippen LogP contribution in [0.3, 0.4) is 0 Å². The van der Waals surface area contributed by atoms with Crippen LogP contribution in [0, 0.1) is 5.82 Å². The molecule has 0 aliphatic carbocycles. The standard InChI is InChI=1S/C14H12Cl2FNO/c15-9-2-1-3-11(6-9)18-14(8-19)12-5-4-10(16)7-13(12)17/h1-7,14,18-19H,8H2. The second-order valence-corrected chi connectivity index (χ2v) is 4.93. The summed E-state index contributed by atoms with van der Waals surface area (Å²) in [6, 6.07) is 10.8. The van der Waals surface area contributed by atoms with E-state index in [1.807, 2.05) is 0 Å². The first-order valence-electron chi connectivity index (χ1n) is 5.68. The van der Waals surface area contributed by atoms with Crippen molar-refractivity contribution in [2.24, 2.45) is 0 Å². The predicted molar refractivity (Wildman–Crippen MR) is 76.3 cm³/mol. The van der Waals surface area contributed by atoms with E-state index in [0.717, 1.165) is 0 Å². The van der Waals surface area contributed by atoms with Crippen LogP contribution in [-0.4, -0.2) is 11.7 Å². The highest BCUT2D eigenvalue weighted by atomic mass is 35.5. The molecular weight excluding hydrogens is 288 g/mol. The van der Waals surface area contributed by atoms with Crippen LogP contribution in [0.2, 0.25) is 10.0 Å². The van der Waals surface area contributed by atoms with Gasteiger partial charge in [0, 0.05) is 21.3 Å². The number of aliphatic hydroxyl groups excluding tert-OH is 1. The van der Waals surface area contributed by atoms with Gasteiger partial charge >= 0.3 is 0 Å². The maximum absolute atomic E-state index is 13.8. The van der Waals surface area contributed by atoms with E-state index in [9.17, 15) is 9.50 Å². The van der Waals surface area contributed by atoms with E-state index in [-0.39, 0.29) is 6.61 Å². The minimum atomic E-state index is -0.560. The first-order valence-corrected chi connectivity index (χ1v) is 6.43. The zero-order valence-corrected chi connectivity index (χ0v) is 11.4. The summed E-state index contributed by atoms with van der Waals surface area (Å²) < 4.78 is 13.8. The molecule has 1 atom stereocenters. The van der Waals surface area contributed by atoms with Crippen molar-refractivity contribution in [2.75, 3.05) is 11.9 Å². The minimum Gasteiger partial charge on any atom is -0.394 e. The van der Waals surface area contributed by atoms with Crippen molar-refractivity contribution in [3.05, 3.63) is 63.9 Å². The number of rotatable bonds is 4. The fourth-order valence-electron chi connectivity index (χ4n) is 1.79. The molecule has 0 heterocycles. The first-order chi connectivity index (χ1) is 9.10. The summed E-state index contributed by atoms with van der Waals surface area (Å²) in [7, 11) is 0. The van der Waals surface area contributed by atoms with Crippen molar-refractivity contribution in [3.63, 3.8) is 0 Å². The van der Waals surface area contributed by atoms with E-state index >= 15 is 0 Å². The minimum absolute atomic E-state index is 0.245. The summed E-state index contributed by atoms with van der Waals surface area (Å²) >= 11 is 11.6. The average Bonchev–Trinajstić information content (AvgIpc) is 2.37. The van der Waals surface area contributed by atoms with Crippen LogP contribution in [0.4, 0.5) is 10.1 Å². The third kappa shape index (κ3) is 3.60. The van der Waals surface area contributed by atoms with Crippen molar-refractivity contribution in [1.82, 2.24) is 0 Å². The zero-order valence-electron chi connectivity index (χ0n) is 9.91. The molecule has 0 aliphatic heterocycles. The maximum Gasteiger partial charge on any atom is 0.130 e. The monoisotopic (exact) mass is 299 g/mol. The van der Waals surface area contributed by atoms with Crippen molar-refractivity contribution in [3.8, 4) is 0 Å². The Labute approximate surface area is 120 Å². The molecule has 0 aliphatic rings. The average molecular weight is 300 g/mol. The van der Waals surface area contributed by atoms with Gasteiger partial charge in [-0.2, -0.15) is 0 Å². The molecule has 0 aromatic heterocycles. The topological polar surface area (TPSA) is 32.3 Å². The fourth-order valence-corrected chi connectivity index (χ4v) is 2.13. The van der Waals surface area contributed by atoms with E-state index in [1.54, 1.807) is 36.4 Å². The number of hydrogen-bond donors (Lipinski definition) is 2. The van der Waals surface area contributed by atoms with Crippen LogP contribution >= 0.6 is 23.2 Å². The molecule has 2 nitrogen and oxygen atoms in total. The van der Waals surface area contributed by atoms with Crippen molar-refractivity contribution >= 4 is 28.9 Å². The van der Waals surface area contributed by atoms with Crippen LogP contribution in [-0.2, 0) is 0 Å². The molecule has 0 saturated carbocycles. The van der Waals surface area contributed by atoms with Crippen LogP contribution in [0.25, 0.3) is 0 Å². The largest absolute Gasteiger partial charge is 0.394 e. The van der Waals surface area contributed by atoms with Gasteiger partial charge in [0.05, 0.1) is 12.6 Å². The molecule has 0 bridgehead atoms. The number of benzene rings is 2. The quantitative estimate of drug-likeness (QED) is 0.883. The number of hydrogen-bond acceptors (Lipinski definition) is 2. The van der Waals surface area contributed by atoms with Gasteiger partial charge in [0.1, 0.15) is 5.82 Å². The lowest BCUT2D eigenvalue weighted by atomic mass is 10.1. The van der Waals surface area contributed by atoms with Crippen molar-refractivity contribution in [1.29, 1.82) is 0 Å². The summed E-state index contributed by atoms with van der Waals surface area (Å²) in [5.74, 6) is -0.457. The van der Waals surface area contributed by atoms with Crippen LogP contribution in [0.15, 0.2) is 42.5 Å². The number of anilines is 1. The smallest absolute Gasteiger partial charge is 0.130 e. The van der Waals surface area contributed by atoms with E-state index in [0.29, 0.717) is 21.3 Å². The Morgan fingerprint density at radius 2 is 1.84 bits per heavy atom. The molecule has 2 rings (SSSR count). The number of nitrogens with one attached hydrogen (secondary N) is 1. The molecule has 19 heavy (non-hydrogen) atoms. The summed E-state index contributed by atoms with van der Waals surface area (Å²) in [4.78, 5) is 0. The summed E-state index contributed by atoms with van der Waals surface area (Å²) in [5.41, 5.74) is 1.06. The zero-order chi connectivity index (χ0) is 13.8. The Kier molecular flexibility index (Phi) is 4.64. The molecule has 0 radical (unpaired) electrons. The van der Waals surface area contributed by atoms with E-state index in [4.69, 9.17) is 23.2 Å². The summed E-state index contributed by atoms with van der Waals surface area (Å²) in [5, 5.41) is 13.3. The Bertz CT molecular complexity index is 577. The van der Waals surface area contributed by atoms with Crippen LogP contribution < -0.4 is 5.32 Å². The van der Waals surface area contributed by atoms with Crippen LogP contribution in [0.5, 0.6) is 0 Å².